The number of benzene rings is 3. The summed E-state index contributed by atoms with van der Waals surface area (Å²) in [4.78, 5) is 0. The van der Waals surface area contributed by atoms with Crippen molar-refractivity contribution < 1.29 is 24.2 Å². The Bertz CT molecular complexity index is 1770. The summed E-state index contributed by atoms with van der Waals surface area (Å²) in [6.45, 7) is 19.9. The molecule has 0 spiro atoms. The van der Waals surface area contributed by atoms with Crippen molar-refractivity contribution in [2.75, 3.05) is 0 Å². The first kappa shape index (κ1) is 32.9. The summed E-state index contributed by atoms with van der Waals surface area (Å²) in [5.41, 5.74) is 10.1. The Morgan fingerprint density at radius 3 is 1.93 bits per heavy atom. The summed E-state index contributed by atoms with van der Waals surface area (Å²) in [6, 6.07) is 28.2. The fraction of sp³-hybridized carbons (Fsp3) is 0.293. The standard InChI is InChI=1S/C28H37Si2.C13H10.Zr/c1-9-20-15-16-23-22(17-20)18-24-26(23)25(29(3,4)5)19-28(10-2,30(6,7)8)27(24)21-13-11-12-14-21;1-3-7-12(8-4-1)11-13-9-5-2-6-10-13;/h11-13,15-17,19H,9-10,14H2,1-8H3;1-10H;/q-1;;. The van der Waals surface area contributed by atoms with Crippen molar-refractivity contribution in [2.45, 2.75) is 77.4 Å². The fourth-order valence-electron chi connectivity index (χ4n) is 6.99. The van der Waals surface area contributed by atoms with Crippen LogP contribution in [0, 0.1) is 0 Å². The van der Waals surface area contributed by atoms with Crippen LogP contribution in [0.15, 0.2) is 125 Å². The Morgan fingerprint density at radius 1 is 0.841 bits per heavy atom. The molecule has 6 rings (SSSR count). The van der Waals surface area contributed by atoms with Crippen LogP contribution in [0.5, 0.6) is 0 Å². The summed E-state index contributed by atoms with van der Waals surface area (Å²) in [6.07, 6.45) is 17.0. The Kier molecular flexibility index (Phi) is 9.81. The van der Waals surface area contributed by atoms with Gasteiger partial charge in [-0.2, -0.15) is 0 Å². The molecule has 0 aliphatic heterocycles. The molecule has 44 heavy (non-hydrogen) atoms. The van der Waals surface area contributed by atoms with Crippen molar-refractivity contribution in [1.82, 2.24) is 0 Å². The molecule has 3 aromatic rings. The van der Waals surface area contributed by atoms with Gasteiger partial charge in [0.15, 0.2) is 0 Å². The van der Waals surface area contributed by atoms with Crippen LogP contribution in [0.1, 0.15) is 43.4 Å². The summed E-state index contributed by atoms with van der Waals surface area (Å²) >= 11 is 1.46. The first-order chi connectivity index (χ1) is 20.9. The van der Waals surface area contributed by atoms with Gasteiger partial charge in [-0.25, -0.2) is 0 Å². The van der Waals surface area contributed by atoms with E-state index >= 15 is 0 Å². The molecule has 1 unspecified atom stereocenters. The molecule has 0 nitrogen and oxygen atoms in total. The van der Waals surface area contributed by atoms with E-state index < -0.39 is 16.1 Å². The van der Waals surface area contributed by atoms with E-state index in [0.717, 1.165) is 12.8 Å². The number of allylic oxidation sites excluding steroid dienone is 8. The molecule has 0 heterocycles. The third-order valence-corrected chi connectivity index (χ3v) is 16.4. The minimum atomic E-state index is -1.57. The van der Waals surface area contributed by atoms with Crippen LogP contribution in [0.2, 0.25) is 44.3 Å². The van der Waals surface area contributed by atoms with Crippen LogP contribution in [-0.2, 0) is 30.7 Å². The molecule has 0 saturated carbocycles. The Labute approximate surface area is 283 Å². The van der Waals surface area contributed by atoms with E-state index in [1.54, 1.807) is 10.8 Å². The molecule has 3 aliphatic carbocycles. The van der Waals surface area contributed by atoms with Crippen molar-refractivity contribution in [3.05, 3.63) is 152 Å². The first-order valence-electron chi connectivity index (χ1n) is 16.2. The monoisotopic (exact) mass is 685 g/mol. The van der Waals surface area contributed by atoms with E-state index in [1.807, 2.05) is 0 Å². The van der Waals surface area contributed by atoms with Gasteiger partial charge in [-0.1, -0.05) is 118 Å². The number of rotatable bonds is 7. The van der Waals surface area contributed by atoms with Crippen molar-refractivity contribution in [3.8, 4) is 0 Å². The molecule has 0 fully saturated rings. The molecule has 0 N–H and O–H groups in total. The summed E-state index contributed by atoms with van der Waals surface area (Å²) in [5.74, 6) is 0. The van der Waals surface area contributed by atoms with Crippen LogP contribution in [0.25, 0.3) is 11.6 Å². The molecule has 1 atom stereocenters. The molecule has 0 radical (unpaired) electrons. The molecule has 0 saturated heterocycles. The second kappa shape index (κ2) is 13.1. The van der Waals surface area contributed by atoms with Crippen LogP contribution in [0.4, 0.5) is 0 Å². The second-order valence-electron chi connectivity index (χ2n) is 14.3. The number of fused-ring (bicyclic) bond motifs is 2. The average Bonchev–Trinajstić information content (AvgIpc) is 3.68. The third kappa shape index (κ3) is 6.30. The van der Waals surface area contributed by atoms with Crippen LogP contribution < -0.4 is 10.4 Å². The topological polar surface area (TPSA) is 0 Å². The summed E-state index contributed by atoms with van der Waals surface area (Å²) in [5, 5.41) is 4.56. The Balaban J connectivity index is 0.000000229. The molecular formula is C41H47Si2Zr-. The van der Waals surface area contributed by atoms with Gasteiger partial charge < -0.3 is 0 Å². The van der Waals surface area contributed by atoms with Crippen LogP contribution in [-0.4, -0.2) is 19.4 Å². The maximum absolute atomic E-state index is 3.98. The van der Waals surface area contributed by atoms with Crippen LogP contribution >= 0.6 is 0 Å². The normalized spacial score (nSPS) is 18.9. The first-order valence-corrected chi connectivity index (χ1v) is 24.5. The van der Waals surface area contributed by atoms with Gasteiger partial charge in [0.1, 0.15) is 0 Å². The molecular weight excluding hydrogens is 640 g/mol. The van der Waals surface area contributed by atoms with Gasteiger partial charge >= 0.3 is 99.2 Å². The van der Waals surface area contributed by atoms with Gasteiger partial charge in [0, 0.05) is 0 Å². The average molecular weight is 687 g/mol. The van der Waals surface area contributed by atoms with E-state index in [4.69, 9.17) is 0 Å². The van der Waals surface area contributed by atoms with Crippen molar-refractivity contribution in [2.24, 2.45) is 0 Å². The van der Waals surface area contributed by atoms with Gasteiger partial charge in [-0.3, -0.25) is 0 Å². The van der Waals surface area contributed by atoms with Crippen molar-refractivity contribution >= 4 is 31.0 Å². The zero-order valence-corrected chi connectivity index (χ0v) is 32.4. The maximum atomic E-state index is 3.98. The van der Waals surface area contributed by atoms with Gasteiger partial charge in [0.25, 0.3) is 0 Å². The molecule has 0 bridgehead atoms. The Morgan fingerprint density at radius 2 is 1.45 bits per heavy atom. The van der Waals surface area contributed by atoms with Gasteiger partial charge in [0.2, 0.25) is 0 Å². The molecule has 3 aliphatic rings. The van der Waals surface area contributed by atoms with E-state index in [1.165, 1.54) is 77.7 Å². The third-order valence-electron chi connectivity index (χ3n) is 9.55. The van der Waals surface area contributed by atoms with E-state index in [9.17, 15) is 0 Å². The fourth-order valence-corrected chi connectivity index (χ4v) is 12.3. The molecule has 224 valence electrons. The van der Waals surface area contributed by atoms with Gasteiger partial charge in [0.05, 0.1) is 16.1 Å². The minimum absolute atomic E-state index is 0.169. The van der Waals surface area contributed by atoms with Crippen molar-refractivity contribution in [3.63, 3.8) is 0 Å². The zero-order chi connectivity index (χ0) is 31.7. The summed E-state index contributed by atoms with van der Waals surface area (Å²) < 4.78 is 1.42. The predicted octanol–water partition coefficient (Wildman–Crippen LogP) is 9.36. The SMILES string of the molecule is CCc1ccc2c(c1)=[C-]C1=C(C3=CC=CC3)C(CC)([Si](C)(C)C)C=C([Si](C)(C)C)C=21.[Zr]=[C](c1ccccc1)c1ccccc1. The van der Waals surface area contributed by atoms with E-state index in [-0.39, 0.29) is 5.04 Å². The van der Waals surface area contributed by atoms with Gasteiger partial charge in [-0.15, -0.1) is 33.7 Å². The number of aryl methyl sites for hydroxylation is 1. The molecule has 3 heteroatoms. The summed E-state index contributed by atoms with van der Waals surface area (Å²) in [7, 11) is -3.12. The van der Waals surface area contributed by atoms with Gasteiger partial charge in [-0.05, 0) is 17.9 Å². The predicted molar refractivity (Wildman–Crippen MR) is 195 cm³/mol. The van der Waals surface area contributed by atoms with E-state index in [2.05, 4.69) is 162 Å². The quantitative estimate of drug-likeness (QED) is 0.172. The zero-order valence-electron chi connectivity index (χ0n) is 27.9. The van der Waals surface area contributed by atoms with Crippen molar-refractivity contribution in [1.29, 1.82) is 0 Å². The molecule has 0 amide bonds. The molecule has 3 aromatic carbocycles. The molecule has 0 aromatic heterocycles. The van der Waals surface area contributed by atoms with E-state index in [0.29, 0.717) is 0 Å². The second-order valence-corrected chi connectivity index (χ2v) is 26.0. The van der Waals surface area contributed by atoms with Crippen LogP contribution in [0.3, 0.4) is 0 Å². The number of hydrogen-bond acceptors (Lipinski definition) is 0. The Hall–Kier alpha value is -2.45. The number of hydrogen-bond donors (Lipinski definition) is 0.